The van der Waals surface area contributed by atoms with Crippen molar-refractivity contribution >= 4 is 23.1 Å². The van der Waals surface area contributed by atoms with Gasteiger partial charge in [-0.15, -0.1) is 0 Å². The Kier molecular flexibility index (Phi) is 5.04. The number of hydrogen-bond donors (Lipinski definition) is 2. The number of nitrogens with one attached hydrogen (secondary N) is 2. The van der Waals surface area contributed by atoms with Crippen LogP contribution in [0.4, 0.5) is 21.9 Å². The molecule has 0 spiro atoms. The zero-order valence-electron chi connectivity index (χ0n) is 14.4. The predicted octanol–water partition coefficient (Wildman–Crippen LogP) is 4.88. The molecule has 2 aromatic carbocycles. The molecule has 4 nitrogen and oxygen atoms in total. The highest BCUT2D eigenvalue weighted by Crippen LogP contribution is 2.24. The molecule has 3 rings (SSSR count). The molecule has 1 saturated heterocycles. The third kappa shape index (κ3) is 4.28. The van der Waals surface area contributed by atoms with Crippen molar-refractivity contribution in [3.63, 3.8) is 0 Å². The summed E-state index contributed by atoms with van der Waals surface area (Å²) in [5.41, 5.74) is 3.94. The van der Waals surface area contributed by atoms with E-state index >= 15 is 0 Å². The van der Waals surface area contributed by atoms with E-state index in [9.17, 15) is 4.79 Å². The summed E-state index contributed by atoms with van der Waals surface area (Å²) in [5, 5.41) is 5.73. The second-order valence-corrected chi connectivity index (χ2v) is 6.67. The SMILES string of the molecule is Cc1cccc(NC(=O)Nc2ccc(N3CCC(C)CC3)cc2)c1. The molecule has 0 atom stereocenters. The number of anilines is 3. The number of nitrogens with zero attached hydrogens (tertiary/aromatic N) is 1. The van der Waals surface area contributed by atoms with Crippen molar-refractivity contribution < 1.29 is 4.79 Å². The van der Waals surface area contributed by atoms with Crippen LogP contribution in [-0.4, -0.2) is 19.1 Å². The quantitative estimate of drug-likeness (QED) is 0.846. The first-order valence-electron chi connectivity index (χ1n) is 8.60. The molecule has 1 aliphatic heterocycles. The maximum absolute atomic E-state index is 12.1. The minimum absolute atomic E-state index is 0.222. The Hall–Kier alpha value is -2.49. The van der Waals surface area contributed by atoms with Gasteiger partial charge < -0.3 is 15.5 Å². The van der Waals surface area contributed by atoms with Crippen LogP contribution in [0.1, 0.15) is 25.3 Å². The molecule has 0 bridgehead atoms. The lowest BCUT2D eigenvalue weighted by molar-refractivity contribution is 0.262. The van der Waals surface area contributed by atoms with Crippen LogP contribution in [-0.2, 0) is 0 Å². The van der Waals surface area contributed by atoms with Gasteiger partial charge in [-0.2, -0.15) is 0 Å². The number of aryl methyl sites for hydroxylation is 1. The van der Waals surface area contributed by atoms with Crippen molar-refractivity contribution in [1.29, 1.82) is 0 Å². The molecular formula is C20H25N3O. The van der Waals surface area contributed by atoms with Crippen LogP contribution in [0.2, 0.25) is 0 Å². The van der Waals surface area contributed by atoms with Gasteiger partial charge in [0.1, 0.15) is 0 Å². The van der Waals surface area contributed by atoms with Gasteiger partial charge in [-0.1, -0.05) is 19.1 Å². The van der Waals surface area contributed by atoms with E-state index in [2.05, 4.69) is 34.6 Å². The zero-order chi connectivity index (χ0) is 16.9. The maximum Gasteiger partial charge on any atom is 0.323 e. The molecule has 0 aromatic heterocycles. The Balaban J connectivity index is 1.56. The smallest absolute Gasteiger partial charge is 0.323 e. The lowest BCUT2D eigenvalue weighted by atomic mass is 9.99. The summed E-state index contributed by atoms with van der Waals surface area (Å²) in [6, 6.07) is 15.6. The van der Waals surface area contributed by atoms with Crippen LogP contribution in [0.5, 0.6) is 0 Å². The van der Waals surface area contributed by atoms with Gasteiger partial charge in [0.05, 0.1) is 0 Å². The molecule has 126 valence electrons. The molecule has 24 heavy (non-hydrogen) atoms. The van der Waals surface area contributed by atoms with Gasteiger partial charge in [0, 0.05) is 30.2 Å². The lowest BCUT2D eigenvalue weighted by Crippen LogP contribution is -2.32. The summed E-state index contributed by atoms with van der Waals surface area (Å²) < 4.78 is 0. The van der Waals surface area contributed by atoms with Gasteiger partial charge in [0.2, 0.25) is 0 Å². The zero-order valence-corrected chi connectivity index (χ0v) is 14.4. The Bertz CT molecular complexity index is 688. The fourth-order valence-corrected chi connectivity index (χ4v) is 3.04. The van der Waals surface area contributed by atoms with Crippen molar-refractivity contribution in [3.05, 3.63) is 54.1 Å². The fourth-order valence-electron chi connectivity index (χ4n) is 3.04. The van der Waals surface area contributed by atoms with Crippen LogP contribution in [0, 0.1) is 12.8 Å². The lowest BCUT2D eigenvalue weighted by Gasteiger charge is -2.32. The van der Waals surface area contributed by atoms with Crippen molar-refractivity contribution in [2.75, 3.05) is 28.6 Å². The molecule has 1 aliphatic rings. The monoisotopic (exact) mass is 323 g/mol. The third-order valence-corrected chi connectivity index (χ3v) is 4.55. The minimum atomic E-state index is -0.222. The van der Waals surface area contributed by atoms with E-state index in [1.54, 1.807) is 0 Å². The van der Waals surface area contributed by atoms with Crippen molar-refractivity contribution in [3.8, 4) is 0 Å². The maximum atomic E-state index is 12.1. The van der Waals surface area contributed by atoms with Crippen LogP contribution in [0.3, 0.4) is 0 Å². The standard InChI is InChI=1S/C20H25N3O/c1-15-10-12-23(13-11-15)19-8-6-17(7-9-19)21-20(24)22-18-5-3-4-16(2)14-18/h3-9,14-15H,10-13H2,1-2H3,(H2,21,22,24). The second-order valence-electron chi connectivity index (χ2n) is 6.67. The molecule has 1 heterocycles. The van der Waals surface area contributed by atoms with Crippen molar-refractivity contribution in [2.24, 2.45) is 5.92 Å². The predicted molar refractivity (Wildman–Crippen MR) is 101 cm³/mol. The first kappa shape index (κ1) is 16.4. The van der Waals surface area contributed by atoms with Gasteiger partial charge in [0.15, 0.2) is 0 Å². The largest absolute Gasteiger partial charge is 0.372 e. The van der Waals surface area contributed by atoms with Crippen LogP contribution in [0.25, 0.3) is 0 Å². The van der Waals surface area contributed by atoms with E-state index in [1.165, 1.54) is 18.5 Å². The van der Waals surface area contributed by atoms with Crippen LogP contribution >= 0.6 is 0 Å². The van der Waals surface area contributed by atoms with Crippen LogP contribution < -0.4 is 15.5 Å². The molecular weight excluding hydrogens is 298 g/mol. The molecule has 0 radical (unpaired) electrons. The Morgan fingerprint density at radius 1 is 1.00 bits per heavy atom. The summed E-state index contributed by atoms with van der Waals surface area (Å²) in [6.07, 6.45) is 2.50. The number of urea groups is 1. The van der Waals surface area contributed by atoms with Gasteiger partial charge >= 0.3 is 6.03 Å². The van der Waals surface area contributed by atoms with Crippen molar-refractivity contribution in [2.45, 2.75) is 26.7 Å². The Morgan fingerprint density at radius 2 is 1.67 bits per heavy atom. The van der Waals surface area contributed by atoms with Gasteiger partial charge in [0.25, 0.3) is 0 Å². The van der Waals surface area contributed by atoms with Crippen LogP contribution in [0.15, 0.2) is 48.5 Å². The molecule has 2 aromatic rings. The molecule has 1 fully saturated rings. The first-order chi connectivity index (χ1) is 11.6. The second kappa shape index (κ2) is 7.39. The molecule has 2 amide bonds. The third-order valence-electron chi connectivity index (χ3n) is 4.55. The Morgan fingerprint density at radius 3 is 2.33 bits per heavy atom. The number of rotatable bonds is 3. The molecule has 2 N–H and O–H groups in total. The van der Waals surface area contributed by atoms with E-state index in [4.69, 9.17) is 0 Å². The topological polar surface area (TPSA) is 44.4 Å². The number of hydrogen-bond acceptors (Lipinski definition) is 2. The molecule has 4 heteroatoms. The number of benzene rings is 2. The summed E-state index contributed by atoms with van der Waals surface area (Å²) in [4.78, 5) is 14.5. The van der Waals surface area contributed by atoms with Gasteiger partial charge in [-0.3, -0.25) is 0 Å². The van der Waals surface area contributed by atoms with Gasteiger partial charge in [-0.05, 0) is 67.6 Å². The normalized spacial score (nSPS) is 15.2. The number of amides is 2. The fraction of sp³-hybridized carbons (Fsp3) is 0.350. The van der Waals surface area contributed by atoms with Gasteiger partial charge in [-0.25, -0.2) is 4.79 Å². The molecule has 0 saturated carbocycles. The van der Waals surface area contributed by atoms with E-state index in [-0.39, 0.29) is 6.03 Å². The summed E-state index contributed by atoms with van der Waals surface area (Å²) in [6.45, 7) is 6.55. The number of piperidine rings is 1. The van der Waals surface area contributed by atoms with Crippen molar-refractivity contribution in [1.82, 2.24) is 0 Å². The summed E-state index contributed by atoms with van der Waals surface area (Å²) in [5.74, 6) is 0.826. The van der Waals surface area contributed by atoms with E-state index in [1.807, 2.05) is 43.3 Å². The molecule has 0 aliphatic carbocycles. The average Bonchev–Trinajstić information content (AvgIpc) is 2.56. The number of carbonyl (C=O) groups excluding carboxylic acids is 1. The highest BCUT2D eigenvalue weighted by molar-refractivity contribution is 5.99. The van der Waals surface area contributed by atoms with E-state index < -0.39 is 0 Å². The summed E-state index contributed by atoms with van der Waals surface area (Å²) in [7, 11) is 0. The first-order valence-corrected chi connectivity index (χ1v) is 8.60. The highest BCUT2D eigenvalue weighted by Gasteiger charge is 2.15. The number of carbonyl (C=O) groups is 1. The van der Waals surface area contributed by atoms with E-state index in [0.29, 0.717) is 0 Å². The minimum Gasteiger partial charge on any atom is -0.372 e. The van der Waals surface area contributed by atoms with E-state index in [0.717, 1.165) is 35.9 Å². The average molecular weight is 323 g/mol. The molecule has 0 unspecified atom stereocenters. The highest BCUT2D eigenvalue weighted by atomic mass is 16.2. The summed E-state index contributed by atoms with van der Waals surface area (Å²) >= 11 is 0. The Labute approximate surface area is 143 Å².